The molecule has 2 aromatic carbocycles. The van der Waals surface area contributed by atoms with Crippen LogP contribution < -0.4 is 4.74 Å². The van der Waals surface area contributed by atoms with E-state index >= 15 is 0 Å². The van der Waals surface area contributed by atoms with Gasteiger partial charge in [-0.05, 0) is 36.1 Å². The van der Waals surface area contributed by atoms with Crippen molar-refractivity contribution in [2.45, 2.75) is 12.8 Å². The van der Waals surface area contributed by atoms with Crippen molar-refractivity contribution in [1.29, 1.82) is 0 Å². The van der Waals surface area contributed by atoms with Crippen molar-refractivity contribution in [2.75, 3.05) is 18.6 Å². The second-order valence-electron chi connectivity index (χ2n) is 5.28. The van der Waals surface area contributed by atoms with Crippen LogP contribution in [-0.2, 0) is 10.9 Å². The predicted molar refractivity (Wildman–Crippen MR) is 92.8 cm³/mol. The second kappa shape index (κ2) is 6.86. The molecule has 1 nitrogen and oxygen atoms in total. The molecule has 1 aliphatic rings. The first-order valence-electron chi connectivity index (χ1n) is 7.45. The van der Waals surface area contributed by atoms with Gasteiger partial charge in [0.2, 0.25) is 0 Å². The van der Waals surface area contributed by atoms with E-state index in [0.29, 0.717) is 10.9 Å². The van der Waals surface area contributed by atoms with Crippen LogP contribution >= 0.6 is 0 Å². The molecule has 2 aromatic rings. The maximum atomic E-state index is 5.27. The molecular weight excluding hydrogens is 276 g/mol. The van der Waals surface area contributed by atoms with Crippen LogP contribution in [0.4, 0.5) is 0 Å². The number of methoxy groups -OCH3 is 1. The summed E-state index contributed by atoms with van der Waals surface area (Å²) in [7, 11) is 2.15. The molecule has 1 saturated heterocycles. The Balaban J connectivity index is 1.98. The maximum absolute atomic E-state index is 5.27. The molecule has 0 saturated carbocycles. The van der Waals surface area contributed by atoms with E-state index in [4.69, 9.17) is 4.74 Å². The summed E-state index contributed by atoms with van der Waals surface area (Å²) < 4.78 is 5.27. The Bertz CT molecular complexity index is 595. The Morgan fingerprint density at radius 3 is 2.14 bits per heavy atom. The van der Waals surface area contributed by atoms with Crippen LogP contribution in [0, 0.1) is 0 Å². The van der Waals surface area contributed by atoms with Crippen molar-refractivity contribution in [3.63, 3.8) is 0 Å². The Morgan fingerprint density at radius 2 is 1.52 bits per heavy atom. The molecule has 1 fully saturated rings. The summed E-state index contributed by atoms with van der Waals surface area (Å²) in [4.78, 5) is 0. The van der Waals surface area contributed by atoms with Crippen LogP contribution in [0.1, 0.15) is 24.0 Å². The quantitative estimate of drug-likeness (QED) is 0.755. The van der Waals surface area contributed by atoms with E-state index in [0.717, 1.165) is 5.75 Å². The van der Waals surface area contributed by atoms with Crippen LogP contribution in [0.5, 0.6) is 5.75 Å². The van der Waals surface area contributed by atoms with Crippen molar-refractivity contribution < 1.29 is 4.74 Å². The number of ether oxygens (including phenoxy) is 1. The first-order valence-corrected chi connectivity index (χ1v) is 9.07. The number of hydrogen-bond acceptors (Lipinski definition) is 1. The average molecular weight is 297 g/mol. The molecule has 0 unspecified atom stereocenters. The molecule has 0 N–H and O–H groups in total. The highest BCUT2D eigenvalue weighted by atomic mass is 32.2. The van der Waals surface area contributed by atoms with Crippen LogP contribution in [0.15, 0.2) is 60.0 Å². The van der Waals surface area contributed by atoms with Gasteiger partial charge in [-0.15, -0.1) is 0 Å². The normalized spacial score (nSPS) is 16.1. The molecule has 1 aliphatic heterocycles. The zero-order valence-electron chi connectivity index (χ0n) is 12.4. The van der Waals surface area contributed by atoms with Crippen molar-refractivity contribution in [3.05, 3.63) is 71.1 Å². The molecule has 3 rings (SSSR count). The summed E-state index contributed by atoms with van der Waals surface area (Å²) in [5, 5.41) is 2.50. The Kier molecular flexibility index (Phi) is 4.66. The number of hydrogen-bond donors (Lipinski definition) is 0. The molecule has 0 bridgehead atoms. The van der Waals surface area contributed by atoms with Gasteiger partial charge in [0.05, 0.1) is 7.11 Å². The van der Waals surface area contributed by atoms with E-state index in [-0.39, 0.29) is 0 Å². The smallest absolute Gasteiger partial charge is 0.127 e. The van der Waals surface area contributed by atoms with Crippen molar-refractivity contribution in [1.82, 2.24) is 0 Å². The van der Waals surface area contributed by atoms with E-state index in [1.165, 1.54) is 41.0 Å². The third kappa shape index (κ3) is 3.51. The highest BCUT2D eigenvalue weighted by Gasteiger charge is 2.23. The lowest BCUT2D eigenvalue weighted by Crippen LogP contribution is -2.00. The van der Waals surface area contributed by atoms with E-state index in [2.05, 4.69) is 47.9 Å². The van der Waals surface area contributed by atoms with Gasteiger partial charge in [-0.3, -0.25) is 0 Å². The zero-order valence-corrected chi connectivity index (χ0v) is 13.2. The number of benzene rings is 2. The highest BCUT2D eigenvalue weighted by Crippen LogP contribution is 2.28. The first kappa shape index (κ1) is 14.3. The van der Waals surface area contributed by atoms with Gasteiger partial charge >= 0.3 is 0 Å². The van der Waals surface area contributed by atoms with E-state index < -0.39 is 0 Å². The van der Waals surface area contributed by atoms with Crippen molar-refractivity contribution in [3.8, 4) is 5.75 Å². The summed E-state index contributed by atoms with van der Waals surface area (Å²) >= 11 is 0. The van der Waals surface area contributed by atoms with Gasteiger partial charge in [0.1, 0.15) is 22.7 Å². The third-order valence-corrected chi connectivity index (χ3v) is 6.03. The van der Waals surface area contributed by atoms with Crippen LogP contribution in [0.2, 0.25) is 0 Å². The first-order chi connectivity index (χ1) is 10.4. The van der Waals surface area contributed by atoms with E-state index in [1.54, 1.807) is 7.11 Å². The molecule has 0 aromatic heterocycles. The average Bonchev–Trinajstić information content (AvgIpc) is 3.07. The van der Waals surface area contributed by atoms with Crippen molar-refractivity contribution in [2.24, 2.45) is 0 Å². The molecule has 0 atom stereocenters. The summed E-state index contributed by atoms with van der Waals surface area (Å²) in [6.45, 7) is 0. The van der Waals surface area contributed by atoms with Gasteiger partial charge in [0, 0.05) is 16.5 Å². The minimum atomic E-state index is 0.441. The molecule has 21 heavy (non-hydrogen) atoms. The minimum absolute atomic E-state index is 0.441. The van der Waals surface area contributed by atoms with Gasteiger partial charge in [-0.25, -0.2) is 0 Å². The van der Waals surface area contributed by atoms with Gasteiger partial charge in [-0.2, -0.15) is 0 Å². The maximum Gasteiger partial charge on any atom is 0.127 e. The minimum Gasteiger partial charge on any atom is -0.497 e. The number of rotatable bonds is 4. The standard InChI is InChI=1S/C19H21OS/c1-20-18-11-9-17(10-12-18)19(15-21-13-5-6-14-21)16-7-3-2-4-8-16/h2-4,7-12,15H,5-6,13-14H2,1H3/q+1. The lowest BCUT2D eigenvalue weighted by molar-refractivity contribution is 0.415. The molecule has 1 heterocycles. The van der Waals surface area contributed by atoms with Gasteiger partial charge in [0.25, 0.3) is 0 Å². The van der Waals surface area contributed by atoms with Gasteiger partial charge < -0.3 is 4.74 Å². The van der Waals surface area contributed by atoms with Gasteiger partial charge in [0.15, 0.2) is 0 Å². The molecule has 0 aliphatic carbocycles. The van der Waals surface area contributed by atoms with Crippen LogP contribution in [0.3, 0.4) is 0 Å². The largest absolute Gasteiger partial charge is 0.497 e. The fourth-order valence-electron chi connectivity index (χ4n) is 2.65. The summed E-state index contributed by atoms with van der Waals surface area (Å²) in [6.07, 6.45) is 2.76. The Labute approximate surface area is 130 Å². The third-order valence-electron chi connectivity index (χ3n) is 3.83. The topological polar surface area (TPSA) is 9.23 Å². The summed E-state index contributed by atoms with van der Waals surface area (Å²) in [6, 6.07) is 19.1. The molecular formula is C19H21OS+. The van der Waals surface area contributed by atoms with E-state index in [9.17, 15) is 0 Å². The second-order valence-corrected chi connectivity index (χ2v) is 7.41. The lowest BCUT2D eigenvalue weighted by Gasteiger charge is -2.08. The summed E-state index contributed by atoms with van der Waals surface area (Å²) in [5.41, 5.74) is 3.95. The fourth-order valence-corrected chi connectivity index (χ4v) is 4.85. The Hall–Kier alpha value is -1.67. The van der Waals surface area contributed by atoms with E-state index in [1.807, 2.05) is 12.1 Å². The highest BCUT2D eigenvalue weighted by molar-refractivity contribution is 8.00. The zero-order chi connectivity index (χ0) is 14.5. The molecule has 108 valence electrons. The lowest BCUT2D eigenvalue weighted by atomic mass is 10.00. The van der Waals surface area contributed by atoms with Gasteiger partial charge in [-0.1, -0.05) is 42.5 Å². The SMILES string of the molecule is COc1ccc(C(=C[S+]2CCCC2)c2ccccc2)cc1. The van der Waals surface area contributed by atoms with Crippen molar-refractivity contribution >= 4 is 16.5 Å². The monoisotopic (exact) mass is 297 g/mol. The Morgan fingerprint density at radius 1 is 0.905 bits per heavy atom. The fraction of sp³-hybridized carbons (Fsp3) is 0.263. The van der Waals surface area contributed by atoms with Crippen LogP contribution in [-0.4, -0.2) is 18.6 Å². The summed E-state index contributed by atoms with van der Waals surface area (Å²) in [5.74, 6) is 3.62. The molecule has 0 radical (unpaired) electrons. The molecule has 0 amide bonds. The molecule has 0 spiro atoms. The van der Waals surface area contributed by atoms with Crippen LogP contribution in [0.25, 0.3) is 5.57 Å². The predicted octanol–water partition coefficient (Wildman–Crippen LogP) is 4.50. The molecule has 2 heteroatoms.